The monoisotopic (exact) mass is 168 g/mol. The number of nitrogens with zero attached hydrogens (tertiary/aromatic N) is 2. The van der Waals surface area contributed by atoms with Gasteiger partial charge in [-0.2, -0.15) is 5.10 Å². The first-order valence-corrected chi connectivity index (χ1v) is 4.45. The van der Waals surface area contributed by atoms with Gasteiger partial charge in [0.2, 0.25) is 5.88 Å². The van der Waals surface area contributed by atoms with Gasteiger partial charge in [0, 0.05) is 12.1 Å². The zero-order valence-corrected chi connectivity index (χ0v) is 7.96. The number of aromatic hydroxyl groups is 1. The number of aryl methyl sites for hydroxylation is 2. The molecule has 1 heterocycles. The fourth-order valence-corrected chi connectivity index (χ4v) is 1.29. The van der Waals surface area contributed by atoms with E-state index in [0.717, 1.165) is 30.6 Å². The summed E-state index contributed by atoms with van der Waals surface area (Å²) in [5, 5.41) is 13.9. The Balaban J connectivity index is 2.98. The van der Waals surface area contributed by atoms with Gasteiger partial charge in [-0.15, -0.1) is 0 Å². The highest BCUT2D eigenvalue weighted by Gasteiger charge is 2.10. The molecule has 3 heteroatoms. The van der Waals surface area contributed by atoms with E-state index in [9.17, 15) is 5.11 Å². The molecule has 1 aromatic rings. The summed E-state index contributed by atoms with van der Waals surface area (Å²) in [5.74, 6) is 0.328. The maximum Gasteiger partial charge on any atom is 0.212 e. The summed E-state index contributed by atoms with van der Waals surface area (Å²) in [6, 6.07) is 0. The third-order valence-electron chi connectivity index (χ3n) is 2.02. The molecule has 0 aliphatic heterocycles. The average molecular weight is 168 g/mol. The van der Waals surface area contributed by atoms with E-state index in [4.69, 9.17) is 0 Å². The normalized spacial score (nSPS) is 10.6. The molecule has 0 saturated heterocycles. The molecule has 0 spiro atoms. The van der Waals surface area contributed by atoms with Gasteiger partial charge in [0.25, 0.3) is 0 Å². The molecule has 0 unspecified atom stereocenters. The molecule has 1 aromatic heterocycles. The van der Waals surface area contributed by atoms with Crippen molar-refractivity contribution in [2.75, 3.05) is 0 Å². The van der Waals surface area contributed by atoms with Gasteiger partial charge in [-0.25, -0.2) is 4.68 Å². The molecule has 0 radical (unpaired) electrons. The van der Waals surface area contributed by atoms with Crippen molar-refractivity contribution in [1.82, 2.24) is 9.78 Å². The van der Waals surface area contributed by atoms with Crippen LogP contribution in [0.25, 0.3) is 0 Å². The fourth-order valence-electron chi connectivity index (χ4n) is 1.29. The summed E-state index contributed by atoms with van der Waals surface area (Å²) < 4.78 is 1.67. The molecule has 0 saturated carbocycles. The maximum atomic E-state index is 9.58. The van der Waals surface area contributed by atoms with Crippen molar-refractivity contribution < 1.29 is 5.11 Å². The van der Waals surface area contributed by atoms with Crippen molar-refractivity contribution in [1.29, 1.82) is 0 Å². The molecule has 1 N–H and O–H groups in total. The summed E-state index contributed by atoms with van der Waals surface area (Å²) in [7, 11) is 0. The summed E-state index contributed by atoms with van der Waals surface area (Å²) in [5.41, 5.74) is 1.92. The molecule has 0 atom stereocenters. The van der Waals surface area contributed by atoms with Crippen LogP contribution in [0.4, 0.5) is 0 Å². The van der Waals surface area contributed by atoms with Gasteiger partial charge in [0.15, 0.2) is 0 Å². The largest absolute Gasteiger partial charge is 0.493 e. The summed E-state index contributed by atoms with van der Waals surface area (Å²) in [4.78, 5) is 0. The van der Waals surface area contributed by atoms with Gasteiger partial charge in [0.1, 0.15) is 0 Å². The molecule has 3 nitrogen and oxygen atoms in total. The lowest BCUT2D eigenvalue weighted by atomic mass is 10.2. The Labute approximate surface area is 73.0 Å². The second-order valence-electron chi connectivity index (χ2n) is 2.97. The lowest BCUT2D eigenvalue weighted by Gasteiger charge is -1.98. The lowest BCUT2D eigenvalue weighted by molar-refractivity contribution is 0.394. The SMILES string of the molecule is CCCn1nc(CC)c(C)c1O. The highest BCUT2D eigenvalue weighted by Crippen LogP contribution is 2.20. The van der Waals surface area contributed by atoms with Crippen molar-refractivity contribution in [2.45, 2.75) is 40.2 Å². The zero-order chi connectivity index (χ0) is 9.14. The molecule has 0 amide bonds. The molecule has 0 bridgehead atoms. The fraction of sp³-hybridized carbons (Fsp3) is 0.667. The minimum Gasteiger partial charge on any atom is -0.493 e. The van der Waals surface area contributed by atoms with E-state index in [1.54, 1.807) is 4.68 Å². The summed E-state index contributed by atoms with van der Waals surface area (Å²) >= 11 is 0. The van der Waals surface area contributed by atoms with Crippen LogP contribution in [0.3, 0.4) is 0 Å². The Kier molecular flexibility index (Phi) is 2.74. The van der Waals surface area contributed by atoms with E-state index in [-0.39, 0.29) is 0 Å². The first-order chi connectivity index (χ1) is 5.70. The Morgan fingerprint density at radius 2 is 2.08 bits per heavy atom. The second kappa shape index (κ2) is 3.61. The van der Waals surface area contributed by atoms with Crippen LogP contribution in [-0.2, 0) is 13.0 Å². The van der Waals surface area contributed by atoms with Gasteiger partial charge >= 0.3 is 0 Å². The Bertz CT molecular complexity index is 266. The third kappa shape index (κ3) is 1.44. The molecule has 0 fully saturated rings. The molecule has 1 rings (SSSR count). The first-order valence-electron chi connectivity index (χ1n) is 4.45. The van der Waals surface area contributed by atoms with E-state index < -0.39 is 0 Å². The van der Waals surface area contributed by atoms with Crippen molar-refractivity contribution in [3.8, 4) is 5.88 Å². The van der Waals surface area contributed by atoms with E-state index >= 15 is 0 Å². The maximum absolute atomic E-state index is 9.58. The van der Waals surface area contributed by atoms with Gasteiger partial charge < -0.3 is 5.11 Å². The molecular formula is C9H16N2O. The minimum atomic E-state index is 0.328. The average Bonchev–Trinajstić information content (AvgIpc) is 2.33. The topological polar surface area (TPSA) is 38.0 Å². The molecule has 68 valence electrons. The van der Waals surface area contributed by atoms with Crippen LogP contribution in [0.2, 0.25) is 0 Å². The van der Waals surface area contributed by atoms with E-state index in [1.807, 2.05) is 13.8 Å². The Morgan fingerprint density at radius 1 is 1.42 bits per heavy atom. The lowest BCUT2D eigenvalue weighted by Crippen LogP contribution is -1.98. The van der Waals surface area contributed by atoms with Crippen LogP contribution in [0.5, 0.6) is 5.88 Å². The van der Waals surface area contributed by atoms with Gasteiger partial charge in [-0.05, 0) is 19.8 Å². The molecular weight excluding hydrogens is 152 g/mol. The van der Waals surface area contributed by atoms with Gasteiger partial charge in [-0.1, -0.05) is 13.8 Å². The number of hydrogen-bond donors (Lipinski definition) is 1. The second-order valence-corrected chi connectivity index (χ2v) is 2.97. The van der Waals surface area contributed by atoms with Crippen molar-refractivity contribution in [3.05, 3.63) is 11.3 Å². The summed E-state index contributed by atoms with van der Waals surface area (Å²) in [6.07, 6.45) is 1.88. The van der Waals surface area contributed by atoms with Crippen molar-refractivity contribution in [2.24, 2.45) is 0 Å². The van der Waals surface area contributed by atoms with E-state index in [2.05, 4.69) is 12.0 Å². The molecule has 0 aliphatic carbocycles. The van der Waals surface area contributed by atoms with Gasteiger partial charge in [-0.3, -0.25) is 0 Å². The standard InChI is InChI=1S/C9H16N2O/c1-4-6-11-9(12)7(3)8(5-2)10-11/h12H,4-6H2,1-3H3. The molecule has 0 aliphatic rings. The highest BCUT2D eigenvalue weighted by molar-refractivity contribution is 5.28. The smallest absolute Gasteiger partial charge is 0.212 e. The Hall–Kier alpha value is -0.990. The predicted molar refractivity (Wildman–Crippen MR) is 48.3 cm³/mol. The van der Waals surface area contributed by atoms with E-state index in [0.29, 0.717) is 5.88 Å². The van der Waals surface area contributed by atoms with Crippen LogP contribution in [0, 0.1) is 6.92 Å². The number of hydrogen-bond acceptors (Lipinski definition) is 2. The number of aromatic nitrogens is 2. The molecule has 12 heavy (non-hydrogen) atoms. The number of rotatable bonds is 3. The van der Waals surface area contributed by atoms with Crippen LogP contribution in [-0.4, -0.2) is 14.9 Å². The quantitative estimate of drug-likeness (QED) is 0.748. The van der Waals surface area contributed by atoms with Gasteiger partial charge in [0.05, 0.1) is 5.69 Å². The summed E-state index contributed by atoms with van der Waals surface area (Å²) in [6.45, 7) is 6.83. The van der Waals surface area contributed by atoms with Crippen LogP contribution in [0.1, 0.15) is 31.5 Å². The molecule has 0 aromatic carbocycles. The van der Waals surface area contributed by atoms with Crippen LogP contribution < -0.4 is 0 Å². The first kappa shape index (κ1) is 9.10. The van der Waals surface area contributed by atoms with E-state index in [1.165, 1.54) is 0 Å². The minimum absolute atomic E-state index is 0.328. The zero-order valence-electron chi connectivity index (χ0n) is 7.96. The third-order valence-corrected chi connectivity index (χ3v) is 2.02. The van der Waals surface area contributed by atoms with Crippen LogP contribution in [0.15, 0.2) is 0 Å². The Morgan fingerprint density at radius 3 is 2.50 bits per heavy atom. The van der Waals surface area contributed by atoms with Crippen LogP contribution >= 0.6 is 0 Å². The van der Waals surface area contributed by atoms with Crippen molar-refractivity contribution >= 4 is 0 Å². The predicted octanol–water partition coefficient (Wildman–Crippen LogP) is 1.87. The highest BCUT2D eigenvalue weighted by atomic mass is 16.3. The van der Waals surface area contributed by atoms with Crippen molar-refractivity contribution in [3.63, 3.8) is 0 Å².